The predicted molar refractivity (Wildman–Crippen MR) is 110 cm³/mol. The van der Waals surface area contributed by atoms with E-state index in [1.54, 1.807) is 0 Å². The van der Waals surface area contributed by atoms with Gasteiger partial charge in [-0.2, -0.15) is 0 Å². The average Bonchev–Trinajstić information content (AvgIpc) is 3.49. The zero-order valence-corrected chi connectivity index (χ0v) is 16.5. The van der Waals surface area contributed by atoms with Crippen molar-refractivity contribution in [2.75, 3.05) is 31.1 Å². The number of rotatable bonds is 5. The molecule has 2 aromatic carbocycles. The van der Waals surface area contributed by atoms with E-state index in [9.17, 15) is 4.79 Å². The molecule has 2 aromatic rings. The lowest BCUT2D eigenvalue weighted by Crippen LogP contribution is -2.51. The molecule has 5 heteroatoms. The van der Waals surface area contributed by atoms with Gasteiger partial charge in [0.1, 0.15) is 6.04 Å². The summed E-state index contributed by atoms with van der Waals surface area (Å²) in [6.07, 6.45) is 2.21. The van der Waals surface area contributed by atoms with Crippen LogP contribution in [0.1, 0.15) is 30.0 Å². The Labute approximate surface area is 166 Å². The molecule has 1 aliphatic carbocycles. The van der Waals surface area contributed by atoms with Crippen LogP contribution in [-0.4, -0.2) is 43.0 Å². The molecule has 1 saturated heterocycles. The van der Waals surface area contributed by atoms with Crippen molar-refractivity contribution in [3.63, 3.8) is 0 Å². The summed E-state index contributed by atoms with van der Waals surface area (Å²) in [6, 6.07) is 16.4. The topological polar surface area (TPSA) is 35.6 Å². The fourth-order valence-corrected chi connectivity index (χ4v) is 3.98. The van der Waals surface area contributed by atoms with E-state index in [-0.39, 0.29) is 11.9 Å². The van der Waals surface area contributed by atoms with E-state index in [2.05, 4.69) is 40.2 Å². The molecule has 1 atom stereocenters. The van der Waals surface area contributed by atoms with E-state index in [4.69, 9.17) is 11.6 Å². The van der Waals surface area contributed by atoms with Crippen molar-refractivity contribution < 1.29 is 4.79 Å². The van der Waals surface area contributed by atoms with Crippen molar-refractivity contribution in [3.05, 3.63) is 64.7 Å². The van der Waals surface area contributed by atoms with Gasteiger partial charge in [-0.05, 0) is 43.0 Å². The number of halogens is 1. The van der Waals surface area contributed by atoms with E-state index in [0.717, 1.165) is 49.6 Å². The van der Waals surface area contributed by atoms with E-state index in [1.807, 2.05) is 30.3 Å². The quantitative estimate of drug-likeness (QED) is 0.853. The van der Waals surface area contributed by atoms with Gasteiger partial charge in [-0.1, -0.05) is 48.0 Å². The monoisotopic (exact) mass is 383 g/mol. The Morgan fingerprint density at radius 1 is 1.07 bits per heavy atom. The minimum absolute atomic E-state index is 0.135. The second-order valence-electron chi connectivity index (χ2n) is 7.55. The van der Waals surface area contributed by atoms with Gasteiger partial charge in [0.05, 0.1) is 0 Å². The maximum Gasteiger partial charge on any atom is 0.242 e. The molecule has 1 saturated carbocycles. The molecule has 1 amide bonds. The number of piperazine rings is 1. The van der Waals surface area contributed by atoms with Gasteiger partial charge in [0.2, 0.25) is 5.91 Å². The molecule has 0 radical (unpaired) electrons. The Kier molecular flexibility index (Phi) is 5.37. The first kappa shape index (κ1) is 18.3. The molecule has 4 nitrogen and oxygen atoms in total. The summed E-state index contributed by atoms with van der Waals surface area (Å²) >= 11 is 6.20. The molecule has 4 rings (SSSR count). The van der Waals surface area contributed by atoms with Crippen LogP contribution in [0.25, 0.3) is 0 Å². The summed E-state index contributed by atoms with van der Waals surface area (Å²) in [7, 11) is 0. The Balaban J connectivity index is 1.49. The lowest BCUT2D eigenvalue weighted by molar-refractivity contribution is -0.127. The predicted octanol–water partition coefficient (Wildman–Crippen LogP) is 3.79. The zero-order valence-electron chi connectivity index (χ0n) is 15.7. The van der Waals surface area contributed by atoms with Crippen LogP contribution in [0.2, 0.25) is 5.02 Å². The summed E-state index contributed by atoms with van der Waals surface area (Å²) in [5.41, 5.74) is 3.50. The molecule has 1 heterocycles. The Bertz CT molecular complexity index is 798. The SMILES string of the molecule is Cc1ccc(Cl)cc1N1CCN([C@@H](C(=O)NC2CC2)c2ccccc2)CC1. The minimum Gasteiger partial charge on any atom is -0.369 e. The second-order valence-corrected chi connectivity index (χ2v) is 7.99. The standard InChI is InChI=1S/C22H26ClN3O/c1-16-7-8-18(23)15-20(16)25-11-13-26(14-12-25)21(17-5-3-2-4-6-17)22(27)24-19-9-10-19/h2-8,15,19,21H,9-14H2,1H3,(H,24,27)/t21-/m1/s1. The van der Waals surface area contributed by atoms with Gasteiger partial charge in [-0.25, -0.2) is 0 Å². The maximum absolute atomic E-state index is 13.0. The molecule has 142 valence electrons. The van der Waals surface area contributed by atoms with Crippen molar-refractivity contribution in [2.24, 2.45) is 0 Å². The van der Waals surface area contributed by atoms with Gasteiger partial charge in [-0.15, -0.1) is 0 Å². The summed E-state index contributed by atoms with van der Waals surface area (Å²) in [6.45, 7) is 5.60. The number of carbonyl (C=O) groups excluding carboxylic acids is 1. The maximum atomic E-state index is 13.0. The lowest BCUT2D eigenvalue weighted by Gasteiger charge is -2.40. The minimum atomic E-state index is -0.214. The molecule has 0 unspecified atom stereocenters. The summed E-state index contributed by atoms with van der Waals surface area (Å²) in [5, 5.41) is 3.97. The first-order valence-corrected chi connectivity index (χ1v) is 10.1. The summed E-state index contributed by atoms with van der Waals surface area (Å²) in [5.74, 6) is 0.135. The number of amides is 1. The Hall–Kier alpha value is -2.04. The molecule has 0 aromatic heterocycles. The number of hydrogen-bond acceptors (Lipinski definition) is 3. The van der Waals surface area contributed by atoms with Gasteiger partial charge < -0.3 is 10.2 Å². The van der Waals surface area contributed by atoms with Crippen LogP contribution in [0.4, 0.5) is 5.69 Å². The van der Waals surface area contributed by atoms with E-state index < -0.39 is 0 Å². The van der Waals surface area contributed by atoms with Crippen molar-refractivity contribution in [2.45, 2.75) is 31.8 Å². The zero-order chi connectivity index (χ0) is 18.8. The van der Waals surface area contributed by atoms with E-state index in [1.165, 1.54) is 11.3 Å². The summed E-state index contributed by atoms with van der Waals surface area (Å²) in [4.78, 5) is 17.6. The van der Waals surface area contributed by atoms with Crippen LogP contribution >= 0.6 is 11.6 Å². The number of nitrogens with zero attached hydrogens (tertiary/aromatic N) is 2. The number of anilines is 1. The van der Waals surface area contributed by atoms with E-state index in [0.29, 0.717) is 6.04 Å². The average molecular weight is 384 g/mol. The molecule has 2 fully saturated rings. The smallest absolute Gasteiger partial charge is 0.242 e. The van der Waals surface area contributed by atoms with Crippen LogP contribution in [-0.2, 0) is 4.79 Å². The molecule has 0 spiro atoms. The third-order valence-corrected chi connectivity index (χ3v) is 5.71. The van der Waals surface area contributed by atoms with Crippen molar-refractivity contribution in [3.8, 4) is 0 Å². The highest BCUT2D eigenvalue weighted by Gasteiger charge is 2.33. The number of benzene rings is 2. The van der Waals surface area contributed by atoms with Gasteiger partial charge in [0.15, 0.2) is 0 Å². The number of hydrogen-bond donors (Lipinski definition) is 1. The highest BCUT2D eigenvalue weighted by molar-refractivity contribution is 6.30. The summed E-state index contributed by atoms with van der Waals surface area (Å²) < 4.78 is 0. The van der Waals surface area contributed by atoms with Gasteiger partial charge in [0.25, 0.3) is 0 Å². The van der Waals surface area contributed by atoms with Crippen LogP contribution in [0, 0.1) is 6.92 Å². The fourth-order valence-electron chi connectivity index (χ4n) is 3.82. The Morgan fingerprint density at radius 2 is 1.78 bits per heavy atom. The first-order chi connectivity index (χ1) is 13.1. The molecular weight excluding hydrogens is 358 g/mol. The van der Waals surface area contributed by atoms with Crippen molar-refractivity contribution in [1.29, 1.82) is 0 Å². The third-order valence-electron chi connectivity index (χ3n) is 5.48. The molecule has 0 bridgehead atoms. The van der Waals surface area contributed by atoms with Crippen LogP contribution in [0.15, 0.2) is 48.5 Å². The third kappa shape index (κ3) is 4.28. The van der Waals surface area contributed by atoms with Gasteiger partial charge in [-0.3, -0.25) is 9.69 Å². The molecule has 27 heavy (non-hydrogen) atoms. The molecule has 1 N–H and O–H groups in total. The number of aryl methyl sites for hydroxylation is 1. The molecular formula is C22H26ClN3O. The van der Waals surface area contributed by atoms with Crippen LogP contribution < -0.4 is 10.2 Å². The highest BCUT2D eigenvalue weighted by Crippen LogP contribution is 2.29. The second kappa shape index (κ2) is 7.91. The van der Waals surface area contributed by atoms with Gasteiger partial charge in [0, 0.05) is 42.9 Å². The number of nitrogens with one attached hydrogen (secondary N) is 1. The molecule has 2 aliphatic rings. The Morgan fingerprint density at radius 3 is 2.44 bits per heavy atom. The van der Waals surface area contributed by atoms with Crippen LogP contribution in [0.3, 0.4) is 0 Å². The van der Waals surface area contributed by atoms with Crippen molar-refractivity contribution in [1.82, 2.24) is 10.2 Å². The van der Waals surface area contributed by atoms with Crippen LogP contribution in [0.5, 0.6) is 0 Å². The normalized spacial score (nSPS) is 19.0. The fraction of sp³-hybridized carbons (Fsp3) is 0.409. The van der Waals surface area contributed by atoms with E-state index >= 15 is 0 Å². The van der Waals surface area contributed by atoms with Crippen molar-refractivity contribution >= 4 is 23.2 Å². The lowest BCUT2D eigenvalue weighted by atomic mass is 10.0. The largest absolute Gasteiger partial charge is 0.369 e. The van der Waals surface area contributed by atoms with Gasteiger partial charge >= 0.3 is 0 Å². The molecule has 1 aliphatic heterocycles. The first-order valence-electron chi connectivity index (χ1n) is 9.72. The number of carbonyl (C=O) groups is 1. The highest BCUT2D eigenvalue weighted by atomic mass is 35.5.